The van der Waals surface area contributed by atoms with Crippen molar-refractivity contribution in [3.63, 3.8) is 0 Å². The molecule has 1 rings (SSSR count). The van der Waals surface area contributed by atoms with Crippen molar-refractivity contribution in [3.05, 3.63) is 0 Å². The normalized spacial score (nSPS) is 20.2. The summed E-state index contributed by atoms with van der Waals surface area (Å²) in [5.74, 6) is -0.368. The van der Waals surface area contributed by atoms with Gasteiger partial charge in [0, 0.05) is 26.2 Å². The Kier molecular flexibility index (Phi) is 5.02. The summed E-state index contributed by atoms with van der Waals surface area (Å²) in [6.45, 7) is 4.73. The number of primary amides is 1. The highest BCUT2D eigenvalue weighted by Crippen LogP contribution is 2.07. The first-order valence-electron chi connectivity index (χ1n) is 5.44. The van der Waals surface area contributed by atoms with Crippen LogP contribution >= 0.6 is 11.6 Å². The van der Waals surface area contributed by atoms with Crippen LogP contribution in [0.5, 0.6) is 0 Å². The number of carbonyl (C=O) groups is 2. The van der Waals surface area contributed by atoms with Gasteiger partial charge in [-0.2, -0.15) is 0 Å². The van der Waals surface area contributed by atoms with Gasteiger partial charge in [0.2, 0.25) is 11.8 Å². The van der Waals surface area contributed by atoms with E-state index in [9.17, 15) is 9.59 Å². The molecule has 1 atom stereocenters. The van der Waals surface area contributed by atoms with Crippen LogP contribution in [0.25, 0.3) is 0 Å². The van der Waals surface area contributed by atoms with E-state index < -0.39 is 5.38 Å². The molecule has 92 valence electrons. The van der Waals surface area contributed by atoms with Gasteiger partial charge in [-0.1, -0.05) is 0 Å². The molecular formula is C10H18ClN3O2. The maximum absolute atomic E-state index is 11.7. The molecule has 1 aliphatic heterocycles. The monoisotopic (exact) mass is 247 g/mol. The van der Waals surface area contributed by atoms with Crippen LogP contribution < -0.4 is 5.73 Å². The lowest BCUT2D eigenvalue weighted by Gasteiger charge is -2.22. The van der Waals surface area contributed by atoms with Crippen molar-refractivity contribution in [2.45, 2.75) is 18.7 Å². The van der Waals surface area contributed by atoms with Crippen LogP contribution in [-0.2, 0) is 9.59 Å². The quantitative estimate of drug-likeness (QED) is 0.693. The van der Waals surface area contributed by atoms with Gasteiger partial charge in [-0.05, 0) is 13.3 Å². The zero-order chi connectivity index (χ0) is 12.1. The van der Waals surface area contributed by atoms with Crippen molar-refractivity contribution in [2.24, 2.45) is 5.73 Å². The minimum atomic E-state index is -0.484. The van der Waals surface area contributed by atoms with Crippen LogP contribution in [0.15, 0.2) is 0 Å². The number of halogens is 1. The van der Waals surface area contributed by atoms with E-state index >= 15 is 0 Å². The number of amides is 2. The Hall–Kier alpha value is -0.810. The predicted octanol–water partition coefficient (Wildman–Crippen LogP) is -0.367. The molecule has 0 aromatic carbocycles. The molecule has 1 unspecified atom stereocenters. The lowest BCUT2D eigenvalue weighted by molar-refractivity contribution is -0.130. The number of nitrogens with zero attached hydrogens (tertiary/aromatic N) is 2. The molecule has 1 saturated heterocycles. The number of rotatable bonds is 3. The lowest BCUT2D eigenvalue weighted by Crippen LogP contribution is -2.40. The average molecular weight is 248 g/mol. The summed E-state index contributed by atoms with van der Waals surface area (Å²) in [7, 11) is 0. The van der Waals surface area contributed by atoms with E-state index in [-0.39, 0.29) is 18.4 Å². The summed E-state index contributed by atoms with van der Waals surface area (Å²) in [6, 6.07) is 0. The van der Waals surface area contributed by atoms with Crippen LogP contribution in [0.4, 0.5) is 0 Å². The number of hydrogen-bond donors (Lipinski definition) is 1. The second kappa shape index (κ2) is 6.06. The van der Waals surface area contributed by atoms with Crippen LogP contribution in [0, 0.1) is 0 Å². The van der Waals surface area contributed by atoms with E-state index in [0.717, 1.165) is 13.0 Å². The van der Waals surface area contributed by atoms with Gasteiger partial charge in [0.25, 0.3) is 0 Å². The predicted molar refractivity (Wildman–Crippen MR) is 62.1 cm³/mol. The van der Waals surface area contributed by atoms with E-state index in [4.69, 9.17) is 17.3 Å². The summed E-state index contributed by atoms with van der Waals surface area (Å²) in [4.78, 5) is 26.2. The Morgan fingerprint density at radius 2 is 2.00 bits per heavy atom. The van der Waals surface area contributed by atoms with Gasteiger partial charge in [0.15, 0.2) is 0 Å². The van der Waals surface area contributed by atoms with Gasteiger partial charge < -0.3 is 10.6 Å². The van der Waals surface area contributed by atoms with Crippen LogP contribution in [0.2, 0.25) is 0 Å². The fourth-order valence-electron chi connectivity index (χ4n) is 1.82. The average Bonchev–Trinajstić information content (AvgIpc) is 2.41. The Morgan fingerprint density at radius 1 is 1.31 bits per heavy atom. The molecule has 1 fully saturated rings. The SMILES string of the molecule is CC(Cl)C(=O)N1CCCN(CC(N)=O)CC1. The van der Waals surface area contributed by atoms with E-state index in [1.165, 1.54) is 0 Å². The minimum absolute atomic E-state index is 0.0393. The van der Waals surface area contributed by atoms with E-state index in [1.54, 1.807) is 11.8 Å². The summed E-state index contributed by atoms with van der Waals surface area (Å²) in [5, 5.41) is -0.484. The first-order valence-corrected chi connectivity index (χ1v) is 5.88. The summed E-state index contributed by atoms with van der Waals surface area (Å²) < 4.78 is 0. The van der Waals surface area contributed by atoms with Crippen LogP contribution in [0.3, 0.4) is 0 Å². The second-order valence-electron chi connectivity index (χ2n) is 4.04. The standard InChI is InChI=1S/C10H18ClN3O2/c1-8(11)10(16)14-4-2-3-13(5-6-14)7-9(12)15/h8H,2-7H2,1H3,(H2,12,15). The van der Waals surface area contributed by atoms with Crippen LogP contribution in [-0.4, -0.2) is 59.7 Å². The Bertz CT molecular complexity index is 271. The van der Waals surface area contributed by atoms with Crippen molar-refractivity contribution >= 4 is 23.4 Å². The van der Waals surface area contributed by atoms with Gasteiger partial charge in [0.05, 0.1) is 6.54 Å². The maximum atomic E-state index is 11.7. The molecule has 1 aliphatic rings. The molecule has 0 aliphatic carbocycles. The van der Waals surface area contributed by atoms with Crippen molar-refractivity contribution in [1.29, 1.82) is 0 Å². The second-order valence-corrected chi connectivity index (χ2v) is 4.69. The number of carbonyl (C=O) groups excluding carboxylic acids is 2. The molecule has 0 radical (unpaired) electrons. The third-order valence-electron chi connectivity index (χ3n) is 2.62. The number of hydrogen-bond acceptors (Lipinski definition) is 3. The van der Waals surface area contributed by atoms with Crippen molar-refractivity contribution < 1.29 is 9.59 Å². The third-order valence-corrected chi connectivity index (χ3v) is 2.81. The zero-order valence-electron chi connectivity index (χ0n) is 9.49. The largest absolute Gasteiger partial charge is 0.369 e. The first-order chi connectivity index (χ1) is 7.50. The Labute approximate surface area is 101 Å². The molecule has 0 aromatic heterocycles. The van der Waals surface area contributed by atoms with Gasteiger partial charge in [0.1, 0.15) is 5.38 Å². The van der Waals surface area contributed by atoms with Crippen LogP contribution in [0.1, 0.15) is 13.3 Å². The highest BCUT2D eigenvalue weighted by Gasteiger charge is 2.22. The van der Waals surface area contributed by atoms with Gasteiger partial charge in [-0.15, -0.1) is 11.6 Å². The molecular weight excluding hydrogens is 230 g/mol. The fraction of sp³-hybridized carbons (Fsp3) is 0.800. The third kappa shape index (κ3) is 3.98. The lowest BCUT2D eigenvalue weighted by atomic mass is 10.3. The summed E-state index contributed by atoms with van der Waals surface area (Å²) >= 11 is 5.76. The van der Waals surface area contributed by atoms with Gasteiger partial charge >= 0.3 is 0 Å². The topological polar surface area (TPSA) is 66.6 Å². The fourth-order valence-corrected chi connectivity index (χ4v) is 1.96. The molecule has 0 spiro atoms. The first kappa shape index (κ1) is 13.3. The molecule has 0 saturated carbocycles. The maximum Gasteiger partial charge on any atom is 0.240 e. The van der Waals surface area contributed by atoms with E-state index in [1.807, 2.05) is 4.90 Å². The molecule has 5 nitrogen and oxygen atoms in total. The number of nitrogens with two attached hydrogens (primary N) is 1. The Balaban J connectivity index is 2.46. The molecule has 1 heterocycles. The van der Waals surface area contributed by atoms with E-state index in [0.29, 0.717) is 19.6 Å². The molecule has 16 heavy (non-hydrogen) atoms. The van der Waals surface area contributed by atoms with Crippen molar-refractivity contribution in [1.82, 2.24) is 9.80 Å². The summed E-state index contributed by atoms with van der Waals surface area (Å²) in [5.41, 5.74) is 5.13. The summed E-state index contributed by atoms with van der Waals surface area (Å²) in [6.07, 6.45) is 0.850. The van der Waals surface area contributed by atoms with Gasteiger partial charge in [-0.3, -0.25) is 14.5 Å². The highest BCUT2D eigenvalue weighted by atomic mass is 35.5. The molecule has 6 heteroatoms. The smallest absolute Gasteiger partial charge is 0.240 e. The Morgan fingerprint density at radius 3 is 2.56 bits per heavy atom. The van der Waals surface area contributed by atoms with Crippen molar-refractivity contribution in [2.75, 3.05) is 32.7 Å². The minimum Gasteiger partial charge on any atom is -0.369 e. The molecule has 2 amide bonds. The van der Waals surface area contributed by atoms with Gasteiger partial charge in [-0.25, -0.2) is 0 Å². The molecule has 0 aromatic rings. The molecule has 2 N–H and O–H groups in total. The van der Waals surface area contributed by atoms with E-state index in [2.05, 4.69) is 0 Å². The number of alkyl halides is 1. The highest BCUT2D eigenvalue weighted by molar-refractivity contribution is 6.30. The molecule has 0 bridgehead atoms. The van der Waals surface area contributed by atoms with Crippen molar-refractivity contribution in [3.8, 4) is 0 Å². The zero-order valence-corrected chi connectivity index (χ0v) is 10.2.